The third-order valence-electron chi connectivity index (χ3n) is 4.34. The highest BCUT2D eigenvalue weighted by atomic mass is 35.5. The highest BCUT2D eigenvalue weighted by molar-refractivity contribution is 6.30. The van der Waals surface area contributed by atoms with Crippen molar-refractivity contribution in [1.82, 2.24) is 14.9 Å². The first kappa shape index (κ1) is 19.2. The average molecular weight is 390 g/mol. The van der Waals surface area contributed by atoms with Crippen LogP contribution >= 0.6 is 11.6 Å². The minimum absolute atomic E-state index is 0.249. The molecule has 0 radical (unpaired) electrons. The molecule has 1 amide bonds. The van der Waals surface area contributed by atoms with Gasteiger partial charge in [0.1, 0.15) is 17.5 Å². The predicted molar refractivity (Wildman–Crippen MR) is 106 cm³/mol. The minimum atomic E-state index is -0.249. The van der Waals surface area contributed by atoms with Gasteiger partial charge in [-0.2, -0.15) is 0 Å². The van der Waals surface area contributed by atoms with Gasteiger partial charge >= 0.3 is 6.09 Å². The number of anilines is 2. The van der Waals surface area contributed by atoms with Crippen LogP contribution in [-0.4, -0.2) is 53.7 Å². The van der Waals surface area contributed by atoms with E-state index in [0.717, 1.165) is 22.2 Å². The quantitative estimate of drug-likeness (QED) is 0.845. The van der Waals surface area contributed by atoms with Gasteiger partial charge in [0.2, 0.25) is 0 Å². The second-order valence-electron chi connectivity index (χ2n) is 6.31. The van der Waals surface area contributed by atoms with E-state index in [2.05, 4.69) is 20.2 Å². The van der Waals surface area contributed by atoms with Gasteiger partial charge in [-0.1, -0.05) is 23.7 Å². The Kier molecular flexibility index (Phi) is 6.34. The molecule has 0 saturated carbocycles. The second kappa shape index (κ2) is 8.90. The smallest absolute Gasteiger partial charge is 0.409 e. The fourth-order valence-electron chi connectivity index (χ4n) is 2.93. The monoisotopic (exact) mass is 389 g/mol. The summed E-state index contributed by atoms with van der Waals surface area (Å²) in [7, 11) is 0. The molecule has 0 aliphatic carbocycles. The Hall–Kier alpha value is -2.54. The maximum Gasteiger partial charge on any atom is 0.409 e. The zero-order valence-electron chi connectivity index (χ0n) is 15.6. The Balaban J connectivity index is 1.62. The molecule has 144 valence electrons. The Morgan fingerprint density at radius 1 is 1.19 bits per heavy atom. The van der Waals surface area contributed by atoms with Crippen molar-refractivity contribution in [3.8, 4) is 0 Å². The van der Waals surface area contributed by atoms with Gasteiger partial charge in [0.15, 0.2) is 0 Å². The average Bonchev–Trinajstić information content (AvgIpc) is 2.67. The number of hydrogen-bond donors (Lipinski definition) is 1. The molecule has 3 rings (SSSR count). The van der Waals surface area contributed by atoms with Crippen LogP contribution in [0.25, 0.3) is 0 Å². The van der Waals surface area contributed by atoms with Crippen molar-refractivity contribution in [3.05, 3.63) is 46.7 Å². The molecule has 8 heteroatoms. The van der Waals surface area contributed by atoms with Gasteiger partial charge in [0.25, 0.3) is 0 Å². The molecule has 1 aromatic carbocycles. The molecule has 0 bridgehead atoms. The molecule has 1 aliphatic rings. The number of aryl methyl sites for hydroxylation is 1. The first-order chi connectivity index (χ1) is 13.0. The predicted octanol–water partition coefficient (Wildman–Crippen LogP) is 3.33. The number of piperazine rings is 1. The molecule has 1 fully saturated rings. The van der Waals surface area contributed by atoms with E-state index in [0.29, 0.717) is 45.2 Å². The highest BCUT2D eigenvalue weighted by Gasteiger charge is 2.23. The number of aromatic nitrogens is 2. The van der Waals surface area contributed by atoms with Crippen LogP contribution in [0.5, 0.6) is 0 Å². The molecule has 1 N–H and O–H groups in total. The van der Waals surface area contributed by atoms with Crippen molar-refractivity contribution >= 4 is 29.3 Å². The summed E-state index contributed by atoms with van der Waals surface area (Å²) in [4.78, 5) is 24.7. The van der Waals surface area contributed by atoms with Crippen molar-refractivity contribution in [3.63, 3.8) is 0 Å². The topological polar surface area (TPSA) is 70.6 Å². The molecule has 2 heterocycles. The Morgan fingerprint density at radius 3 is 2.56 bits per heavy atom. The number of rotatable bonds is 5. The highest BCUT2D eigenvalue weighted by Crippen LogP contribution is 2.19. The zero-order valence-corrected chi connectivity index (χ0v) is 16.4. The van der Waals surface area contributed by atoms with E-state index in [1.165, 1.54) is 0 Å². The SMILES string of the molecule is CCOC(=O)N1CCN(c2cc(NCc3ccc(Cl)cc3)nc(C)n2)CC1. The van der Waals surface area contributed by atoms with Crippen molar-refractivity contribution < 1.29 is 9.53 Å². The van der Waals surface area contributed by atoms with Crippen LogP contribution < -0.4 is 10.2 Å². The van der Waals surface area contributed by atoms with Crippen LogP contribution in [0.2, 0.25) is 5.02 Å². The largest absolute Gasteiger partial charge is 0.450 e. The standard InChI is InChI=1S/C19H24ClN5O2/c1-3-27-19(26)25-10-8-24(9-11-25)18-12-17(22-14(2)23-18)21-13-15-4-6-16(20)7-5-15/h4-7,12H,3,8-11,13H2,1-2H3,(H,21,22,23). The molecular weight excluding hydrogens is 366 g/mol. The van der Waals surface area contributed by atoms with Crippen molar-refractivity contribution in [2.45, 2.75) is 20.4 Å². The maximum atomic E-state index is 11.8. The van der Waals surface area contributed by atoms with Crippen molar-refractivity contribution in [2.75, 3.05) is 43.0 Å². The van der Waals surface area contributed by atoms with E-state index in [9.17, 15) is 4.79 Å². The Bertz CT molecular complexity index is 776. The molecule has 2 aromatic rings. The van der Waals surface area contributed by atoms with Crippen LogP contribution in [0.3, 0.4) is 0 Å². The van der Waals surface area contributed by atoms with E-state index in [1.54, 1.807) is 4.90 Å². The molecule has 1 aliphatic heterocycles. The lowest BCUT2D eigenvalue weighted by Gasteiger charge is -2.34. The third kappa shape index (κ3) is 5.23. The van der Waals surface area contributed by atoms with Gasteiger partial charge in [-0.25, -0.2) is 14.8 Å². The number of carbonyl (C=O) groups is 1. The summed E-state index contributed by atoms with van der Waals surface area (Å²) >= 11 is 5.92. The Morgan fingerprint density at radius 2 is 1.89 bits per heavy atom. The molecular formula is C19H24ClN5O2. The lowest BCUT2D eigenvalue weighted by Crippen LogP contribution is -2.49. The van der Waals surface area contributed by atoms with E-state index in [4.69, 9.17) is 16.3 Å². The molecule has 1 aromatic heterocycles. The number of nitrogens with one attached hydrogen (secondary N) is 1. The van der Waals surface area contributed by atoms with Crippen molar-refractivity contribution in [1.29, 1.82) is 0 Å². The Labute approximate surface area is 164 Å². The van der Waals surface area contributed by atoms with Gasteiger partial charge in [0, 0.05) is 43.8 Å². The fraction of sp³-hybridized carbons (Fsp3) is 0.421. The third-order valence-corrected chi connectivity index (χ3v) is 4.59. The van der Waals surface area contributed by atoms with Crippen LogP contribution in [0.1, 0.15) is 18.3 Å². The molecule has 0 spiro atoms. The number of benzene rings is 1. The van der Waals surface area contributed by atoms with E-state index >= 15 is 0 Å². The number of amides is 1. The van der Waals surface area contributed by atoms with E-state index in [-0.39, 0.29) is 6.09 Å². The second-order valence-corrected chi connectivity index (χ2v) is 6.75. The molecule has 0 unspecified atom stereocenters. The van der Waals surface area contributed by atoms with Crippen LogP contribution in [-0.2, 0) is 11.3 Å². The normalized spacial score (nSPS) is 14.2. The molecule has 27 heavy (non-hydrogen) atoms. The summed E-state index contributed by atoms with van der Waals surface area (Å²) < 4.78 is 5.07. The van der Waals surface area contributed by atoms with Gasteiger partial charge in [-0.3, -0.25) is 0 Å². The first-order valence-corrected chi connectivity index (χ1v) is 9.43. The van der Waals surface area contributed by atoms with Gasteiger partial charge in [-0.15, -0.1) is 0 Å². The number of ether oxygens (including phenoxy) is 1. The van der Waals surface area contributed by atoms with Gasteiger partial charge < -0.3 is 19.9 Å². The molecule has 0 atom stereocenters. The van der Waals surface area contributed by atoms with E-state index in [1.807, 2.05) is 44.2 Å². The van der Waals surface area contributed by atoms with Crippen LogP contribution in [0.15, 0.2) is 30.3 Å². The van der Waals surface area contributed by atoms with Gasteiger partial charge in [0.05, 0.1) is 6.61 Å². The van der Waals surface area contributed by atoms with E-state index < -0.39 is 0 Å². The lowest BCUT2D eigenvalue weighted by atomic mass is 10.2. The summed E-state index contributed by atoms with van der Waals surface area (Å²) in [5, 5.41) is 4.06. The van der Waals surface area contributed by atoms with Crippen LogP contribution in [0.4, 0.5) is 16.4 Å². The van der Waals surface area contributed by atoms with Gasteiger partial charge in [-0.05, 0) is 31.5 Å². The first-order valence-electron chi connectivity index (χ1n) is 9.06. The van der Waals surface area contributed by atoms with Crippen LogP contribution in [0, 0.1) is 6.92 Å². The summed E-state index contributed by atoms with van der Waals surface area (Å²) in [5.41, 5.74) is 1.13. The lowest BCUT2D eigenvalue weighted by molar-refractivity contribution is 0.105. The summed E-state index contributed by atoms with van der Waals surface area (Å²) in [6.45, 7) is 7.42. The van der Waals surface area contributed by atoms with Crippen molar-refractivity contribution in [2.24, 2.45) is 0 Å². The minimum Gasteiger partial charge on any atom is -0.450 e. The maximum absolute atomic E-state index is 11.8. The summed E-state index contributed by atoms with van der Waals surface area (Å²) in [6, 6.07) is 9.66. The zero-order chi connectivity index (χ0) is 19.2. The number of nitrogens with zero attached hydrogens (tertiary/aromatic N) is 4. The number of carbonyl (C=O) groups excluding carboxylic acids is 1. The molecule has 7 nitrogen and oxygen atoms in total. The molecule has 1 saturated heterocycles. The number of hydrogen-bond acceptors (Lipinski definition) is 6. The number of halogens is 1. The fourth-order valence-corrected chi connectivity index (χ4v) is 3.06. The summed E-state index contributed by atoms with van der Waals surface area (Å²) in [5.74, 6) is 2.35. The summed E-state index contributed by atoms with van der Waals surface area (Å²) in [6.07, 6.45) is -0.249.